The van der Waals surface area contributed by atoms with E-state index in [2.05, 4.69) is 22.2 Å². The Morgan fingerprint density at radius 1 is 1.35 bits per heavy atom. The van der Waals surface area contributed by atoms with Gasteiger partial charge in [0.05, 0.1) is 6.42 Å². The van der Waals surface area contributed by atoms with E-state index in [1.807, 2.05) is 0 Å². The van der Waals surface area contributed by atoms with E-state index in [0.29, 0.717) is 23.0 Å². The fourth-order valence-corrected chi connectivity index (χ4v) is 2.91. The molecule has 0 aliphatic heterocycles. The molecule has 0 spiro atoms. The van der Waals surface area contributed by atoms with E-state index in [-0.39, 0.29) is 23.9 Å². The molecule has 5 nitrogen and oxygen atoms in total. The maximum absolute atomic E-state index is 12.1. The Hall–Kier alpha value is -1.65. The van der Waals surface area contributed by atoms with Crippen LogP contribution in [0.3, 0.4) is 0 Å². The molecular formula is C15H23N3O2. The van der Waals surface area contributed by atoms with Crippen molar-refractivity contribution in [1.82, 2.24) is 15.3 Å². The summed E-state index contributed by atoms with van der Waals surface area (Å²) in [4.78, 5) is 30.9. The molecule has 0 bridgehead atoms. The lowest BCUT2D eigenvalue weighted by Gasteiger charge is -2.29. The number of aryl methyl sites for hydroxylation is 2. The van der Waals surface area contributed by atoms with Gasteiger partial charge in [0.1, 0.15) is 5.82 Å². The summed E-state index contributed by atoms with van der Waals surface area (Å²) in [5, 5.41) is 3.07. The van der Waals surface area contributed by atoms with Gasteiger partial charge in [-0.15, -0.1) is 0 Å². The molecule has 2 unspecified atom stereocenters. The van der Waals surface area contributed by atoms with Crippen molar-refractivity contribution in [3.05, 3.63) is 27.4 Å². The second kappa shape index (κ2) is 6.20. The molecule has 2 rings (SSSR count). The quantitative estimate of drug-likeness (QED) is 0.881. The number of hydrogen-bond donors (Lipinski definition) is 2. The fraction of sp³-hybridized carbons (Fsp3) is 0.667. The lowest BCUT2D eigenvalue weighted by molar-refractivity contribution is -0.121. The first-order valence-corrected chi connectivity index (χ1v) is 7.33. The van der Waals surface area contributed by atoms with Crippen molar-refractivity contribution < 1.29 is 4.79 Å². The summed E-state index contributed by atoms with van der Waals surface area (Å²) < 4.78 is 0. The number of hydrogen-bond acceptors (Lipinski definition) is 3. The third kappa shape index (κ3) is 3.46. The van der Waals surface area contributed by atoms with Gasteiger partial charge in [-0.05, 0) is 32.6 Å². The standard InChI is InChI=1S/C15H23N3O2/c1-9-6-4-5-7-13(9)18-14(19)8-12-10(2)16-11(3)17-15(12)20/h9,13H,4-8H2,1-3H3,(H,18,19)(H,16,17,20). The van der Waals surface area contributed by atoms with E-state index in [1.54, 1.807) is 13.8 Å². The van der Waals surface area contributed by atoms with Crippen molar-refractivity contribution in [3.8, 4) is 0 Å². The molecule has 1 fully saturated rings. The highest BCUT2D eigenvalue weighted by molar-refractivity contribution is 5.79. The third-order valence-electron chi connectivity index (χ3n) is 4.14. The second-order valence-electron chi connectivity index (χ2n) is 5.83. The van der Waals surface area contributed by atoms with Crippen LogP contribution in [0.25, 0.3) is 0 Å². The van der Waals surface area contributed by atoms with Crippen molar-refractivity contribution >= 4 is 5.91 Å². The van der Waals surface area contributed by atoms with Gasteiger partial charge in [-0.25, -0.2) is 4.98 Å². The molecule has 20 heavy (non-hydrogen) atoms. The molecule has 0 radical (unpaired) electrons. The average molecular weight is 277 g/mol. The predicted molar refractivity (Wildman–Crippen MR) is 77.6 cm³/mol. The van der Waals surface area contributed by atoms with Crippen LogP contribution in [0.1, 0.15) is 49.7 Å². The largest absolute Gasteiger partial charge is 0.353 e. The van der Waals surface area contributed by atoms with Crippen LogP contribution in [0.5, 0.6) is 0 Å². The Labute approximate surface area is 119 Å². The molecule has 110 valence electrons. The van der Waals surface area contributed by atoms with Crippen molar-refractivity contribution in [3.63, 3.8) is 0 Å². The molecule has 1 aliphatic carbocycles. The summed E-state index contributed by atoms with van der Waals surface area (Å²) in [5.41, 5.74) is 0.900. The van der Waals surface area contributed by atoms with Crippen LogP contribution in [0.15, 0.2) is 4.79 Å². The lowest BCUT2D eigenvalue weighted by Crippen LogP contribution is -2.42. The van der Waals surface area contributed by atoms with Gasteiger partial charge in [0.25, 0.3) is 5.56 Å². The van der Waals surface area contributed by atoms with Gasteiger partial charge in [-0.2, -0.15) is 0 Å². The smallest absolute Gasteiger partial charge is 0.254 e. The SMILES string of the molecule is Cc1nc(C)c(CC(=O)NC2CCCCC2C)c(=O)[nH]1. The highest BCUT2D eigenvalue weighted by Crippen LogP contribution is 2.23. The Bertz CT molecular complexity index is 551. The number of rotatable bonds is 3. The third-order valence-corrected chi connectivity index (χ3v) is 4.14. The number of amides is 1. The molecule has 5 heteroatoms. The van der Waals surface area contributed by atoms with Gasteiger partial charge in [0.2, 0.25) is 5.91 Å². The minimum absolute atomic E-state index is 0.0806. The van der Waals surface area contributed by atoms with Crippen LogP contribution >= 0.6 is 0 Å². The van der Waals surface area contributed by atoms with Gasteiger partial charge in [0, 0.05) is 17.3 Å². The minimum Gasteiger partial charge on any atom is -0.353 e. The van der Waals surface area contributed by atoms with E-state index in [0.717, 1.165) is 12.8 Å². The molecule has 0 aromatic carbocycles. The molecule has 2 atom stereocenters. The minimum atomic E-state index is -0.207. The number of H-pyrrole nitrogens is 1. The molecule has 1 heterocycles. The zero-order valence-corrected chi connectivity index (χ0v) is 12.5. The second-order valence-corrected chi connectivity index (χ2v) is 5.83. The fourth-order valence-electron chi connectivity index (χ4n) is 2.91. The van der Waals surface area contributed by atoms with Crippen molar-refractivity contribution in [2.45, 2.75) is 58.9 Å². The summed E-state index contributed by atoms with van der Waals surface area (Å²) in [6.07, 6.45) is 4.72. The first-order chi connectivity index (χ1) is 9.47. The number of aromatic amines is 1. The van der Waals surface area contributed by atoms with Crippen molar-refractivity contribution in [1.29, 1.82) is 0 Å². The predicted octanol–water partition coefficient (Wildman–Crippen LogP) is 1.62. The van der Waals surface area contributed by atoms with Crippen LogP contribution in [-0.4, -0.2) is 21.9 Å². The van der Waals surface area contributed by atoms with Gasteiger partial charge >= 0.3 is 0 Å². The topological polar surface area (TPSA) is 74.8 Å². The van der Waals surface area contributed by atoms with Crippen molar-refractivity contribution in [2.75, 3.05) is 0 Å². The number of carbonyl (C=O) groups excluding carboxylic acids is 1. The Kier molecular flexibility index (Phi) is 4.57. The Balaban J connectivity index is 2.03. The van der Waals surface area contributed by atoms with E-state index in [4.69, 9.17) is 0 Å². The summed E-state index contributed by atoms with van der Waals surface area (Å²) in [6, 6.07) is 0.244. The Morgan fingerprint density at radius 3 is 2.70 bits per heavy atom. The van der Waals surface area contributed by atoms with Gasteiger partial charge in [-0.1, -0.05) is 19.8 Å². The number of nitrogens with one attached hydrogen (secondary N) is 2. The number of aromatic nitrogens is 2. The zero-order chi connectivity index (χ0) is 14.7. The maximum atomic E-state index is 12.1. The number of carbonyl (C=O) groups is 1. The molecular weight excluding hydrogens is 254 g/mol. The van der Waals surface area contributed by atoms with Gasteiger partial charge in [-0.3, -0.25) is 9.59 Å². The van der Waals surface area contributed by atoms with E-state index < -0.39 is 0 Å². The monoisotopic (exact) mass is 277 g/mol. The molecule has 1 aromatic rings. The summed E-state index contributed by atoms with van der Waals surface area (Å²) in [6.45, 7) is 5.69. The van der Waals surface area contributed by atoms with E-state index >= 15 is 0 Å². The van der Waals surface area contributed by atoms with Crippen molar-refractivity contribution in [2.24, 2.45) is 5.92 Å². The molecule has 1 amide bonds. The maximum Gasteiger partial charge on any atom is 0.254 e. The molecule has 2 N–H and O–H groups in total. The van der Waals surface area contributed by atoms with Crippen LogP contribution in [-0.2, 0) is 11.2 Å². The van der Waals surface area contributed by atoms with E-state index in [9.17, 15) is 9.59 Å². The van der Waals surface area contributed by atoms with Crippen LogP contribution < -0.4 is 10.9 Å². The van der Waals surface area contributed by atoms with Gasteiger partial charge < -0.3 is 10.3 Å². The summed E-state index contributed by atoms with van der Waals surface area (Å²) >= 11 is 0. The first-order valence-electron chi connectivity index (χ1n) is 7.33. The zero-order valence-electron chi connectivity index (χ0n) is 12.5. The van der Waals surface area contributed by atoms with E-state index in [1.165, 1.54) is 12.8 Å². The number of nitrogens with zero attached hydrogens (tertiary/aromatic N) is 1. The molecule has 1 aliphatic rings. The first kappa shape index (κ1) is 14.8. The highest BCUT2D eigenvalue weighted by Gasteiger charge is 2.23. The molecule has 1 saturated carbocycles. The summed E-state index contributed by atoms with van der Waals surface area (Å²) in [7, 11) is 0. The Morgan fingerprint density at radius 2 is 2.05 bits per heavy atom. The summed E-state index contributed by atoms with van der Waals surface area (Å²) in [5.74, 6) is 1.02. The van der Waals surface area contributed by atoms with Gasteiger partial charge in [0.15, 0.2) is 0 Å². The van der Waals surface area contributed by atoms with Crippen LogP contribution in [0.4, 0.5) is 0 Å². The molecule has 0 saturated heterocycles. The molecule has 1 aromatic heterocycles. The van der Waals surface area contributed by atoms with Crippen LogP contribution in [0.2, 0.25) is 0 Å². The average Bonchev–Trinajstić information content (AvgIpc) is 2.36. The van der Waals surface area contributed by atoms with Crippen LogP contribution in [0, 0.1) is 19.8 Å². The lowest BCUT2D eigenvalue weighted by atomic mass is 9.86. The highest BCUT2D eigenvalue weighted by atomic mass is 16.2. The normalized spacial score (nSPS) is 22.6.